The fourth-order valence-corrected chi connectivity index (χ4v) is 1.95. The van der Waals surface area contributed by atoms with Crippen LogP contribution in [-0.2, 0) is 6.42 Å². The molecule has 0 radical (unpaired) electrons. The van der Waals surface area contributed by atoms with E-state index < -0.39 is 0 Å². The second-order valence-corrected chi connectivity index (χ2v) is 3.95. The van der Waals surface area contributed by atoms with Gasteiger partial charge in [0.25, 0.3) is 5.19 Å². The van der Waals surface area contributed by atoms with Crippen LogP contribution in [0.15, 0.2) is 29.6 Å². The van der Waals surface area contributed by atoms with E-state index in [1.165, 1.54) is 11.3 Å². The van der Waals surface area contributed by atoms with Crippen LogP contribution >= 0.6 is 11.3 Å². The number of nitrogens with two attached hydrogens (primary N) is 1. The maximum atomic E-state index is 5.65. The normalized spacial score (nSPS) is 10.2. The molecule has 4 heteroatoms. The van der Waals surface area contributed by atoms with Crippen molar-refractivity contribution < 1.29 is 4.74 Å². The molecule has 78 valence electrons. The molecule has 2 aromatic rings. The molecule has 1 aromatic carbocycles. The second-order valence-electron chi connectivity index (χ2n) is 3.13. The topological polar surface area (TPSA) is 48.1 Å². The lowest BCUT2D eigenvalue weighted by Crippen LogP contribution is -1.87. The third-order valence-electron chi connectivity index (χ3n) is 1.96. The van der Waals surface area contributed by atoms with Gasteiger partial charge in [-0.05, 0) is 18.6 Å². The summed E-state index contributed by atoms with van der Waals surface area (Å²) in [5, 5.41) is 2.67. The van der Waals surface area contributed by atoms with E-state index in [0.29, 0.717) is 10.9 Å². The number of nitrogens with zero attached hydrogens (tertiary/aromatic N) is 1. The Labute approximate surface area is 92.5 Å². The maximum absolute atomic E-state index is 5.65. The number of aryl methyl sites for hydroxylation is 1. The Morgan fingerprint density at radius 3 is 3.00 bits per heavy atom. The highest BCUT2D eigenvalue weighted by molar-refractivity contribution is 7.11. The molecule has 0 aliphatic rings. The molecule has 0 aliphatic heterocycles. The molecule has 0 unspecified atom stereocenters. The van der Waals surface area contributed by atoms with E-state index in [-0.39, 0.29) is 0 Å². The summed E-state index contributed by atoms with van der Waals surface area (Å²) < 4.78 is 5.57. The summed E-state index contributed by atoms with van der Waals surface area (Å²) >= 11 is 1.50. The predicted molar refractivity (Wildman–Crippen MR) is 62.4 cm³/mol. The minimum Gasteiger partial charge on any atom is -0.431 e. The zero-order chi connectivity index (χ0) is 10.7. The average Bonchev–Trinajstić information content (AvgIpc) is 2.65. The van der Waals surface area contributed by atoms with Gasteiger partial charge in [-0.25, -0.2) is 4.98 Å². The lowest BCUT2D eigenvalue weighted by atomic mass is 10.3. The smallest absolute Gasteiger partial charge is 0.278 e. The molecule has 1 heterocycles. The Hall–Kier alpha value is -1.55. The minimum atomic E-state index is 0.664. The number of hydrogen-bond acceptors (Lipinski definition) is 4. The van der Waals surface area contributed by atoms with Crippen molar-refractivity contribution in [1.82, 2.24) is 4.98 Å². The van der Waals surface area contributed by atoms with Crippen LogP contribution in [0.3, 0.4) is 0 Å². The Balaban J connectivity index is 2.14. The average molecular weight is 220 g/mol. The quantitative estimate of drug-likeness (QED) is 0.809. The molecule has 0 fully saturated rings. The zero-order valence-electron chi connectivity index (χ0n) is 8.43. The van der Waals surface area contributed by atoms with Gasteiger partial charge in [-0.3, -0.25) is 0 Å². The van der Waals surface area contributed by atoms with Crippen LogP contribution in [0.4, 0.5) is 5.69 Å². The van der Waals surface area contributed by atoms with Gasteiger partial charge in [0.1, 0.15) is 5.75 Å². The standard InChI is InChI=1S/C11H12N2OS/c1-2-9-7-15-11(13-9)14-10-5-3-4-8(12)6-10/h3-7H,2,12H2,1H3. The second kappa shape index (κ2) is 4.31. The summed E-state index contributed by atoms with van der Waals surface area (Å²) in [5.74, 6) is 0.729. The highest BCUT2D eigenvalue weighted by Gasteiger charge is 2.02. The van der Waals surface area contributed by atoms with Crippen molar-refractivity contribution in [2.24, 2.45) is 0 Å². The molecular weight excluding hydrogens is 208 g/mol. The van der Waals surface area contributed by atoms with E-state index in [2.05, 4.69) is 11.9 Å². The third-order valence-corrected chi connectivity index (χ3v) is 2.72. The van der Waals surface area contributed by atoms with Crippen LogP contribution in [0, 0.1) is 0 Å². The first-order chi connectivity index (χ1) is 7.28. The Morgan fingerprint density at radius 1 is 1.47 bits per heavy atom. The van der Waals surface area contributed by atoms with Crippen LogP contribution in [0.25, 0.3) is 0 Å². The number of hydrogen-bond donors (Lipinski definition) is 1. The summed E-state index contributed by atoms with van der Waals surface area (Å²) in [5.41, 5.74) is 7.40. The first kappa shape index (κ1) is 9.98. The Kier molecular flexibility index (Phi) is 2.87. The number of nitrogen functional groups attached to an aromatic ring is 1. The Morgan fingerprint density at radius 2 is 2.33 bits per heavy atom. The van der Waals surface area contributed by atoms with Gasteiger partial charge in [-0.15, -0.1) is 0 Å². The molecule has 15 heavy (non-hydrogen) atoms. The molecule has 2 N–H and O–H groups in total. The van der Waals surface area contributed by atoms with Crippen molar-refractivity contribution in [3.05, 3.63) is 35.3 Å². The minimum absolute atomic E-state index is 0.664. The van der Waals surface area contributed by atoms with Crippen LogP contribution < -0.4 is 10.5 Å². The van der Waals surface area contributed by atoms with Crippen molar-refractivity contribution in [2.75, 3.05) is 5.73 Å². The highest BCUT2D eigenvalue weighted by atomic mass is 32.1. The monoisotopic (exact) mass is 220 g/mol. The number of benzene rings is 1. The SMILES string of the molecule is CCc1csc(Oc2cccc(N)c2)n1. The van der Waals surface area contributed by atoms with Gasteiger partial charge in [0, 0.05) is 17.1 Å². The molecule has 0 atom stereocenters. The van der Waals surface area contributed by atoms with Gasteiger partial charge in [-0.2, -0.15) is 0 Å². The maximum Gasteiger partial charge on any atom is 0.278 e. The summed E-state index contributed by atoms with van der Waals surface area (Å²) in [6.07, 6.45) is 0.927. The fourth-order valence-electron chi connectivity index (χ4n) is 1.18. The van der Waals surface area contributed by atoms with Crippen LogP contribution in [-0.4, -0.2) is 4.98 Å². The largest absolute Gasteiger partial charge is 0.431 e. The van der Waals surface area contributed by atoms with Gasteiger partial charge in [-0.1, -0.05) is 24.3 Å². The number of rotatable bonds is 3. The van der Waals surface area contributed by atoms with E-state index in [9.17, 15) is 0 Å². The molecule has 0 amide bonds. The van der Waals surface area contributed by atoms with Crippen LogP contribution in [0.2, 0.25) is 0 Å². The molecule has 0 aliphatic carbocycles. The molecule has 0 saturated heterocycles. The number of thiazole rings is 1. The summed E-state index contributed by atoms with van der Waals surface area (Å²) in [7, 11) is 0. The van der Waals surface area contributed by atoms with Crippen molar-refractivity contribution in [3.63, 3.8) is 0 Å². The number of anilines is 1. The first-order valence-corrected chi connectivity index (χ1v) is 5.63. The van der Waals surface area contributed by atoms with Crippen molar-refractivity contribution in [1.29, 1.82) is 0 Å². The molecule has 0 spiro atoms. The highest BCUT2D eigenvalue weighted by Crippen LogP contribution is 2.26. The van der Waals surface area contributed by atoms with Gasteiger partial charge in [0.2, 0.25) is 0 Å². The van der Waals surface area contributed by atoms with E-state index in [1.54, 1.807) is 6.07 Å². The zero-order valence-corrected chi connectivity index (χ0v) is 9.25. The molecule has 0 saturated carbocycles. The molecule has 0 bridgehead atoms. The summed E-state index contributed by atoms with van der Waals surface area (Å²) in [6.45, 7) is 2.07. The van der Waals surface area contributed by atoms with Crippen molar-refractivity contribution >= 4 is 17.0 Å². The van der Waals surface area contributed by atoms with E-state index in [0.717, 1.165) is 17.9 Å². The molecule has 2 rings (SSSR count). The first-order valence-electron chi connectivity index (χ1n) is 4.75. The van der Waals surface area contributed by atoms with E-state index in [1.807, 2.05) is 23.6 Å². The van der Waals surface area contributed by atoms with Crippen molar-refractivity contribution in [2.45, 2.75) is 13.3 Å². The van der Waals surface area contributed by atoms with Crippen LogP contribution in [0.1, 0.15) is 12.6 Å². The molecular formula is C11H12N2OS. The van der Waals surface area contributed by atoms with Gasteiger partial charge < -0.3 is 10.5 Å². The number of ether oxygens (including phenoxy) is 1. The van der Waals surface area contributed by atoms with Crippen LogP contribution in [0.5, 0.6) is 10.9 Å². The number of aromatic nitrogens is 1. The lowest BCUT2D eigenvalue weighted by Gasteiger charge is -2.01. The van der Waals surface area contributed by atoms with E-state index >= 15 is 0 Å². The van der Waals surface area contributed by atoms with Crippen molar-refractivity contribution in [3.8, 4) is 10.9 Å². The summed E-state index contributed by atoms with van der Waals surface area (Å²) in [6, 6.07) is 7.33. The summed E-state index contributed by atoms with van der Waals surface area (Å²) in [4.78, 5) is 4.31. The van der Waals surface area contributed by atoms with Gasteiger partial charge in [0.15, 0.2) is 0 Å². The van der Waals surface area contributed by atoms with E-state index in [4.69, 9.17) is 10.5 Å². The van der Waals surface area contributed by atoms with Gasteiger partial charge >= 0.3 is 0 Å². The molecule has 1 aromatic heterocycles. The fraction of sp³-hybridized carbons (Fsp3) is 0.182. The molecule has 3 nitrogen and oxygen atoms in total. The predicted octanol–water partition coefficient (Wildman–Crippen LogP) is 3.08. The lowest BCUT2D eigenvalue weighted by molar-refractivity contribution is 0.477. The Bertz CT molecular complexity index is 453. The third kappa shape index (κ3) is 2.47. The van der Waals surface area contributed by atoms with Gasteiger partial charge in [0.05, 0.1) is 5.69 Å².